The average molecular weight is 449 g/mol. The topological polar surface area (TPSA) is 41.4 Å². The van der Waals surface area contributed by atoms with E-state index in [1.807, 2.05) is 36.5 Å². The summed E-state index contributed by atoms with van der Waals surface area (Å²) in [6.07, 6.45) is 4.12. The minimum absolute atomic E-state index is 0.141. The average Bonchev–Trinajstić information content (AvgIpc) is 3.57. The molecule has 0 atom stereocenters. The Hall–Kier alpha value is -2.77. The number of nitrogens with zero attached hydrogens (tertiary/aromatic N) is 4. The third-order valence-electron chi connectivity index (χ3n) is 6.73. The third kappa shape index (κ3) is 3.31. The Kier molecular flexibility index (Phi) is 4.77. The maximum absolute atomic E-state index is 15.3. The quantitative estimate of drug-likeness (QED) is 0.446. The SMILES string of the molecule is CCN1CCN(c2cc3c(cc2F)c(=O)c(-c2nc4ccccc4s2)cn3C2CC2)CC1. The van der Waals surface area contributed by atoms with Crippen LogP contribution >= 0.6 is 11.3 Å². The van der Waals surface area contributed by atoms with Gasteiger partial charge in [-0.2, -0.15) is 0 Å². The molecule has 0 N–H and O–H groups in total. The Morgan fingerprint density at radius 3 is 2.62 bits per heavy atom. The van der Waals surface area contributed by atoms with E-state index in [2.05, 4.69) is 21.3 Å². The van der Waals surface area contributed by atoms with Crippen molar-refractivity contribution in [2.24, 2.45) is 0 Å². The molecule has 1 aliphatic carbocycles. The number of rotatable bonds is 4. The highest BCUT2D eigenvalue weighted by Gasteiger charge is 2.28. The minimum atomic E-state index is -0.316. The molecule has 164 valence electrons. The van der Waals surface area contributed by atoms with E-state index >= 15 is 4.39 Å². The van der Waals surface area contributed by atoms with E-state index in [0.717, 1.165) is 61.3 Å². The molecule has 0 unspecified atom stereocenters. The van der Waals surface area contributed by atoms with Gasteiger partial charge in [0, 0.05) is 43.8 Å². The lowest BCUT2D eigenvalue weighted by molar-refractivity contribution is 0.270. The van der Waals surface area contributed by atoms with E-state index in [1.54, 1.807) is 0 Å². The predicted molar refractivity (Wildman–Crippen MR) is 129 cm³/mol. The molecule has 7 heteroatoms. The number of hydrogen-bond donors (Lipinski definition) is 0. The zero-order chi connectivity index (χ0) is 21.8. The van der Waals surface area contributed by atoms with Gasteiger partial charge in [0.25, 0.3) is 0 Å². The first-order chi connectivity index (χ1) is 15.6. The van der Waals surface area contributed by atoms with E-state index in [4.69, 9.17) is 4.98 Å². The number of piperazine rings is 1. The van der Waals surface area contributed by atoms with E-state index < -0.39 is 0 Å². The fourth-order valence-corrected chi connectivity index (χ4v) is 5.67. The zero-order valence-corrected chi connectivity index (χ0v) is 18.9. The van der Waals surface area contributed by atoms with Crippen LogP contribution in [-0.4, -0.2) is 47.2 Å². The number of benzene rings is 2. The van der Waals surface area contributed by atoms with Crippen molar-refractivity contribution < 1.29 is 4.39 Å². The summed E-state index contributed by atoms with van der Waals surface area (Å²) in [5, 5.41) is 1.15. The van der Waals surface area contributed by atoms with Crippen molar-refractivity contribution in [3.8, 4) is 10.6 Å². The first-order valence-corrected chi connectivity index (χ1v) is 12.2. The van der Waals surface area contributed by atoms with Gasteiger partial charge in [0.2, 0.25) is 0 Å². The van der Waals surface area contributed by atoms with Crippen molar-refractivity contribution in [1.82, 2.24) is 14.5 Å². The molecule has 32 heavy (non-hydrogen) atoms. The first kappa shape index (κ1) is 19.9. The second kappa shape index (κ2) is 7.67. The number of thiazole rings is 1. The van der Waals surface area contributed by atoms with Crippen LogP contribution in [0.4, 0.5) is 10.1 Å². The zero-order valence-electron chi connectivity index (χ0n) is 18.1. The second-order valence-corrected chi connectivity index (χ2v) is 9.77. The molecule has 2 aromatic carbocycles. The van der Waals surface area contributed by atoms with Crippen LogP contribution in [0.1, 0.15) is 25.8 Å². The van der Waals surface area contributed by atoms with Crippen LogP contribution in [0.25, 0.3) is 31.7 Å². The molecule has 0 amide bonds. The van der Waals surface area contributed by atoms with Gasteiger partial charge in [0.05, 0.1) is 27.0 Å². The lowest BCUT2D eigenvalue weighted by Crippen LogP contribution is -2.46. The molecule has 5 nitrogen and oxygen atoms in total. The van der Waals surface area contributed by atoms with Gasteiger partial charge in [-0.1, -0.05) is 19.1 Å². The summed E-state index contributed by atoms with van der Waals surface area (Å²) in [6, 6.07) is 11.6. The molecule has 2 fully saturated rings. The van der Waals surface area contributed by atoms with E-state index in [0.29, 0.717) is 27.7 Å². The van der Waals surface area contributed by atoms with Gasteiger partial charge in [-0.3, -0.25) is 4.79 Å². The van der Waals surface area contributed by atoms with Crippen molar-refractivity contribution in [2.75, 3.05) is 37.6 Å². The van der Waals surface area contributed by atoms with Crippen molar-refractivity contribution in [1.29, 1.82) is 0 Å². The Morgan fingerprint density at radius 2 is 1.91 bits per heavy atom. The molecule has 6 rings (SSSR count). The van der Waals surface area contributed by atoms with Crippen LogP contribution < -0.4 is 10.3 Å². The van der Waals surface area contributed by atoms with Gasteiger partial charge in [-0.25, -0.2) is 9.37 Å². The molecule has 1 saturated heterocycles. The molecule has 0 bridgehead atoms. The normalized spacial score (nSPS) is 17.5. The third-order valence-corrected chi connectivity index (χ3v) is 7.80. The van der Waals surface area contributed by atoms with Crippen LogP contribution in [-0.2, 0) is 0 Å². The first-order valence-electron chi connectivity index (χ1n) is 11.3. The number of para-hydroxylation sites is 1. The summed E-state index contributed by atoms with van der Waals surface area (Å²) in [5.41, 5.74) is 2.75. The van der Waals surface area contributed by atoms with Crippen molar-refractivity contribution in [3.05, 3.63) is 58.6 Å². The fraction of sp³-hybridized carbons (Fsp3) is 0.360. The Labute approximate surface area is 189 Å². The number of aromatic nitrogens is 2. The maximum Gasteiger partial charge on any atom is 0.199 e. The van der Waals surface area contributed by atoms with Crippen LogP contribution in [0.5, 0.6) is 0 Å². The summed E-state index contributed by atoms with van der Waals surface area (Å²) in [5.74, 6) is -0.316. The number of fused-ring (bicyclic) bond motifs is 2. The molecule has 0 radical (unpaired) electrons. The highest BCUT2D eigenvalue weighted by molar-refractivity contribution is 7.21. The monoisotopic (exact) mass is 448 g/mol. The van der Waals surface area contributed by atoms with Gasteiger partial charge in [0.15, 0.2) is 5.43 Å². The Morgan fingerprint density at radius 1 is 1.12 bits per heavy atom. The smallest absolute Gasteiger partial charge is 0.199 e. The minimum Gasteiger partial charge on any atom is -0.367 e. The molecule has 2 aliphatic rings. The summed E-state index contributed by atoms with van der Waals surface area (Å²) in [7, 11) is 0. The lowest BCUT2D eigenvalue weighted by atomic mass is 10.1. The van der Waals surface area contributed by atoms with Gasteiger partial charge >= 0.3 is 0 Å². The molecule has 2 aromatic heterocycles. The van der Waals surface area contributed by atoms with Crippen molar-refractivity contribution >= 4 is 38.1 Å². The highest BCUT2D eigenvalue weighted by Crippen LogP contribution is 2.39. The van der Waals surface area contributed by atoms with Gasteiger partial charge in [0.1, 0.15) is 10.8 Å². The van der Waals surface area contributed by atoms with Gasteiger partial charge in [-0.15, -0.1) is 11.3 Å². The van der Waals surface area contributed by atoms with Crippen LogP contribution in [0.15, 0.2) is 47.4 Å². The summed E-state index contributed by atoms with van der Waals surface area (Å²) < 4.78 is 18.5. The summed E-state index contributed by atoms with van der Waals surface area (Å²) in [4.78, 5) is 22.7. The summed E-state index contributed by atoms with van der Waals surface area (Å²) >= 11 is 1.52. The lowest BCUT2D eigenvalue weighted by Gasteiger charge is -2.35. The number of halogens is 1. The van der Waals surface area contributed by atoms with E-state index in [1.165, 1.54) is 17.4 Å². The molecule has 3 heterocycles. The number of pyridine rings is 1. The van der Waals surface area contributed by atoms with Crippen molar-refractivity contribution in [3.63, 3.8) is 0 Å². The number of likely N-dealkylation sites (N-methyl/N-ethyl adjacent to an activating group) is 1. The second-order valence-electron chi connectivity index (χ2n) is 8.74. The van der Waals surface area contributed by atoms with Crippen LogP contribution in [0.3, 0.4) is 0 Å². The number of hydrogen-bond acceptors (Lipinski definition) is 5. The molecule has 0 spiro atoms. The standard InChI is InChI=1S/C25H25FN4OS/c1-2-28-9-11-29(12-10-28)22-14-21-17(13-19(22)26)24(31)18(15-30(21)16-7-8-16)25-27-20-5-3-4-6-23(20)32-25/h3-6,13-16H,2,7-12H2,1H3. The molecule has 1 aliphatic heterocycles. The Bertz CT molecular complexity index is 1350. The largest absolute Gasteiger partial charge is 0.367 e. The van der Waals surface area contributed by atoms with E-state index in [9.17, 15) is 4.79 Å². The predicted octanol–water partition coefficient (Wildman–Crippen LogP) is 4.89. The molecule has 1 saturated carbocycles. The van der Waals surface area contributed by atoms with Gasteiger partial charge < -0.3 is 14.4 Å². The molecular formula is C25H25FN4OS. The Balaban J connectivity index is 1.50. The van der Waals surface area contributed by atoms with Crippen LogP contribution in [0, 0.1) is 5.82 Å². The molecular weight excluding hydrogens is 423 g/mol. The number of anilines is 1. The molecule has 4 aromatic rings. The van der Waals surface area contributed by atoms with Crippen molar-refractivity contribution in [2.45, 2.75) is 25.8 Å². The maximum atomic E-state index is 15.3. The van der Waals surface area contributed by atoms with Gasteiger partial charge in [-0.05, 0) is 43.7 Å². The summed E-state index contributed by atoms with van der Waals surface area (Å²) in [6.45, 7) is 6.63. The van der Waals surface area contributed by atoms with Crippen LogP contribution in [0.2, 0.25) is 0 Å². The van der Waals surface area contributed by atoms with E-state index in [-0.39, 0.29) is 11.2 Å². The fourth-order valence-electron chi connectivity index (χ4n) is 4.70. The highest BCUT2D eigenvalue weighted by atomic mass is 32.1.